The van der Waals surface area contributed by atoms with Gasteiger partial charge in [-0.25, -0.2) is 0 Å². The molecule has 7 heteroatoms. The van der Waals surface area contributed by atoms with Crippen molar-refractivity contribution < 1.29 is 4.79 Å². The van der Waals surface area contributed by atoms with Gasteiger partial charge in [-0.3, -0.25) is 14.2 Å². The van der Waals surface area contributed by atoms with Crippen LogP contribution in [0, 0.1) is 0 Å². The minimum Gasteiger partial charge on any atom is -0.350 e. The highest BCUT2D eigenvalue weighted by molar-refractivity contribution is 5.91. The zero-order chi connectivity index (χ0) is 12.3. The van der Waals surface area contributed by atoms with E-state index in [9.17, 15) is 4.79 Å². The van der Waals surface area contributed by atoms with Crippen molar-refractivity contribution in [2.75, 3.05) is 6.54 Å². The third-order valence-electron chi connectivity index (χ3n) is 2.29. The van der Waals surface area contributed by atoms with Crippen molar-refractivity contribution in [2.45, 2.75) is 6.42 Å². The highest BCUT2D eigenvalue weighted by Crippen LogP contribution is 1.97. The molecule has 0 saturated carbocycles. The molecule has 0 aliphatic rings. The van der Waals surface area contributed by atoms with Crippen molar-refractivity contribution >= 4 is 5.91 Å². The molecule has 0 unspecified atom stereocenters. The molecule has 90 valence electrons. The molecule has 7 nitrogen and oxygen atoms in total. The third-order valence-corrected chi connectivity index (χ3v) is 2.29. The number of hydrogen-bond acceptors (Lipinski definition) is 4. The van der Waals surface area contributed by atoms with E-state index < -0.39 is 0 Å². The molecule has 0 radical (unpaired) electrons. The van der Waals surface area contributed by atoms with Crippen LogP contribution in [0.3, 0.4) is 0 Å². The molecule has 0 aliphatic heterocycles. The number of rotatable bonds is 4. The molecule has 0 bridgehead atoms. The van der Waals surface area contributed by atoms with E-state index in [2.05, 4.69) is 20.7 Å². The van der Waals surface area contributed by atoms with Crippen LogP contribution in [-0.4, -0.2) is 37.2 Å². The summed E-state index contributed by atoms with van der Waals surface area (Å²) in [6, 6.07) is 0. The largest absolute Gasteiger partial charge is 0.350 e. The molecule has 0 spiro atoms. The van der Waals surface area contributed by atoms with Gasteiger partial charge in [-0.1, -0.05) is 5.21 Å². The Hall–Kier alpha value is -2.18. The summed E-state index contributed by atoms with van der Waals surface area (Å²) in [6.45, 7) is 0.557. The van der Waals surface area contributed by atoms with Crippen molar-refractivity contribution in [1.29, 1.82) is 0 Å². The lowest BCUT2D eigenvalue weighted by molar-refractivity contribution is 0.0949. The Labute approximate surface area is 98.4 Å². The van der Waals surface area contributed by atoms with Gasteiger partial charge in [-0.05, 0) is 12.0 Å². The smallest absolute Gasteiger partial charge is 0.273 e. The van der Waals surface area contributed by atoms with Crippen LogP contribution in [0.25, 0.3) is 0 Å². The van der Waals surface area contributed by atoms with E-state index in [4.69, 9.17) is 0 Å². The van der Waals surface area contributed by atoms with Gasteiger partial charge >= 0.3 is 0 Å². The Morgan fingerprint density at radius 3 is 2.76 bits per heavy atom. The quantitative estimate of drug-likeness (QED) is 0.775. The molecule has 2 rings (SSSR count). The summed E-state index contributed by atoms with van der Waals surface area (Å²) in [5.74, 6) is -0.206. The zero-order valence-electron chi connectivity index (χ0n) is 9.79. The van der Waals surface area contributed by atoms with Crippen LogP contribution in [0.5, 0.6) is 0 Å². The topological polar surface area (TPSA) is 77.6 Å². The molecule has 0 atom stereocenters. The van der Waals surface area contributed by atoms with Gasteiger partial charge in [0.1, 0.15) is 0 Å². The summed E-state index contributed by atoms with van der Waals surface area (Å²) in [5, 5.41) is 14.3. The van der Waals surface area contributed by atoms with Gasteiger partial charge in [0.25, 0.3) is 5.91 Å². The number of nitrogens with zero attached hydrogens (tertiary/aromatic N) is 5. The minimum atomic E-state index is -0.206. The normalized spacial score (nSPS) is 10.5. The Kier molecular flexibility index (Phi) is 3.17. The van der Waals surface area contributed by atoms with Crippen molar-refractivity contribution in [3.8, 4) is 0 Å². The maximum absolute atomic E-state index is 11.6. The second-order valence-electron chi connectivity index (χ2n) is 3.81. The highest BCUT2D eigenvalue weighted by atomic mass is 16.1. The zero-order valence-corrected chi connectivity index (χ0v) is 9.79. The summed E-state index contributed by atoms with van der Waals surface area (Å²) < 4.78 is 3.23. The van der Waals surface area contributed by atoms with Crippen molar-refractivity contribution in [2.24, 2.45) is 14.1 Å². The predicted molar refractivity (Wildman–Crippen MR) is 60.2 cm³/mol. The summed E-state index contributed by atoms with van der Waals surface area (Å²) >= 11 is 0. The van der Waals surface area contributed by atoms with Gasteiger partial charge < -0.3 is 5.32 Å². The molecule has 2 aromatic rings. The van der Waals surface area contributed by atoms with Crippen LogP contribution >= 0.6 is 0 Å². The lowest BCUT2D eigenvalue weighted by Gasteiger charge is -2.00. The molecule has 0 aromatic carbocycles. The van der Waals surface area contributed by atoms with Crippen LogP contribution < -0.4 is 5.32 Å². The second-order valence-corrected chi connectivity index (χ2v) is 3.81. The summed E-state index contributed by atoms with van der Waals surface area (Å²) in [5.41, 5.74) is 1.42. The monoisotopic (exact) mass is 234 g/mol. The molecule has 2 aromatic heterocycles. The lowest BCUT2D eigenvalue weighted by atomic mass is 10.2. The van der Waals surface area contributed by atoms with E-state index in [0.717, 1.165) is 12.0 Å². The van der Waals surface area contributed by atoms with E-state index in [1.807, 2.05) is 13.2 Å². The molecule has 0 saturated heterocycles. The molecule has 1 amide bonds. The van der Waals surface area contributed by atoms with Crippen LogP contribution in [0.4, 0.5) is 0 Å². The first-order valence-corrected chi connectivity index (χ1v) is 5.27. The fourth-order valence-electron chi connectivity index (χ4n) is 1.46. The summed E-state index contributed by atoms with van der Waals surface area (Å²) in [4.78, 5) is 11.6. The van der Waals surface area contributed by atoms with Gasteiger partial charge in [0, 0.05) is 26.8 Å². The number of aromatic nitrogens is 5. The molecular weight excluding hydrogens is 220 g/mol. The summed E-state index contributed by atoms with van der Waals surface area (Å²) in [6.07, 6.45) is 6.04. The van der Waals surface area contributed by atoms with E-state index in [1.165, 1.54) is 4.68 Å². The van der Waals surface area contributed by atoms with Crippen LogP contribution in [0.2, 0.25) is 0 Å². The Bertz CT molecular complexity index is 514. The van der Waals surface area contributed by atoms with E-state index in [-0.39, 0.29) is 5.91 Å². The van der Waals surface area contributed by atoms with E-state index in [1.54, 1.807) is 24.1 Å². The minimum absolute atomic E-state index is 0.206. The van der Waals surface area contributed by atoms with Crippen LogP contribution in [0.15, 0.2) is 18.6 Å². The maximum atomic E-state index is 11.6. The average molecular weight is 234 g/mol. The predicted octanol–water partition coefficient (Wildman–Crippen LogP) is -0.479. The number of hydrogen-bond donors (Lipinski definition) is 1. The molecule has 1 N–H and O–H groups in total. The first-order valence-electron chi connectivity index (χ1n) is 5.27. The number of carbonyl (C=O) groups is 1. The second kappa shape index (κ2) is 4.77. The molecular formula is C10H14N6O. The number of amides is 1. The van der Waals surface area contributed by atoms with Gasteiger partial charge in [0.05, 0.1) is 12.4 Å². The highest BCUT2D eigenvalue weighted by Gasteiger charge is 2.08. The number of carbonyl (C=O) groups excluding carboxylic acids is 1. The SMILES string of the molecule is Cn1cc(CCNC(=O)c2cn(C)nn2)cn1. The Morgan fingerprint density at radius 2 is 2.18 bits per heavy atom. The Balaban J connectivity index is 1.81. The van der Waals surface area contributed by atoms with Crippen LogP contribution in [-0.2, 0) is 20.5 Å². The molecule has 2 heterocycles. The van der Waals surface area contributed by atoms with Crippen molar-refractivity contribution in [3.63, 3.8) is 0 Å². The fraction of sp³-hybridized carbons (Fsp3) is 0.400. The maximum Gasteiger partial charge on any atom is 0.273 e. The molecule has 0 fully saturated rings. The third kappa shape index (κ3) is 2.90. The van der Waals surface area contributed by atoms with Crippen LogP contribution in [0.1, 0.15) is 16.1 Å². The van der Waals surface area contributed by atoms with Crippen molar-refractivity contribution in [1.82, 2.24) is 30.1 Å². The number of aryl methyl sites for hydroxylation is 2. The number of nitrogens with one attached hydrogen (secondary N) is 1. The fourth-order valence-corrected chi connectivity index (χ4v) is 1.46. The van der Waals surface area contributed by atoms with E-state index in [0.29, 0.717) is 12.2 Å². The van der Waals surface area contributed by atoms with Crippen molar-refractivity contribution in [3.05, 3.63) is 29.8 Å². The summed E-state index contributed by atoms with van der Waals surface area (Å²) in [7, 11) is 3.58. The van der Waals surface area contributed by atoms with Gasteiger partial charge in [-0.2, -0.15) is 5.10 Å². The standard InChI is InChI=1S/C10H14N6O/c1-15-6-8(5-12-15)3-4-11-10(17)9-7-16(2)14-13-9/h5-7H,3-4H2,1-2H3,(H,11,17). The average Bonchev–Trinajstić information content (AvgIpc) is 2.88. The van der Waals surface area contributed by atoms with Gasteiger partial charge in [-0.15, -0.1) is 5.10 Å². The first kappa shape index (κ1) is 11.3. The lowest BCUT2D eigenvalue weighted by Crippen LogP contribution is -2.25. The first-order chi connectivity index (χ1) is 8.15. The molecule has 0 aliphatic carbocycles. The van der Waals surface area contributed by atoms with Gasteiger partial charge in [0.2, 0.25) is 0 Å². The molecule has 17 heavy (non-hydrogen) atoms. The van der Waals surface area contributed by atoms with Gasteiger partial charge in [0.15, 0.2) is 5.69 Å². The van der Waals surface area contributed by atoms with E-state index >= 15 is 0 Å². The Morgan fingerprint density at radius 1 is 1.35 bits per heavy atom.